The molecule has 16 heteroatoms. The Morgan fingerprint density at radius 3 is 2.08 bits per heavy atom. The van der Waals surface area contributed by atoms with Gasteiger partial charge in [-0.2, -0.15) is 0 Å². The van der Waals surface area contributed by atoms with E-state index in [2.05, 4.69) is 35.9 Å². The zero-order valence-electron chi connectivity index (χ0n) is 19.4. The highest BCUT2D eigenvalue weighted by Crippen LogP contribution is 2.34. The highest BCUT2D eigenvalue weighted by atomic mass is 79.9. The molecule has 0 fully saturated rings. The van der Waals surface area contributed by atoms with Gasteiger partial charge in [0.1, 0.15) is 37.9 Å². The molecule has 0 spiro atoms. The van der Waals surface area contributed by atoms with E-state index in [-0.39, 0.29) is 17.6 Å². The Balaban J connectivity index is 0.000000212. The van der Waals surface area contributed by atoms with Crippen molar-refractivity contribution in [2.45, 2.75) is 6.61 Å². The molecule has 0 amide bonds. The lowest BCUT2D eigenvalue weighted by Crippen LogP contribution is -2.02. The molecule has 4 aromatic rings. The summed E-state index contributed by atoms with van der Waals surface area (Å²) >= 11 is 25.9. The van der Waals surface area contributed by atoms with E-state index >= 15 is 0 Å². The first-order valence-corrected chi connectivity index (χ1v) is 12.5. The van der Waals surface area contributed by atoms with Gasteiger partial charge in [-0.1, -0.05) is 52.5 Å². The molecule has 2 aromatic carbocycles. The number of anilines is 2. The molecule has 0 unspecified atom stereocenters. The number of benzene rings is 2. The third kappa shape index (κ3) is 9.62. The van der Waals surface area contributed by atoms with Gasteiger partial charge in [-0.25, -0.2) is 19.9 Å². The molecule has 6 N–H and O–H groups in total. The van der Waals surface area contributed by atoms with Gasteiger partial charge in [0.05, 0.1) is 26.1 Å². The smallest absolute Gasteiger partial charge is 0.537 e. The first-order chi connectivity index (χ1) is 18.1. The van der Waals surface area contributed by atoms with Crippen molar-refractivity contribution in [2.24, 2.45) is 0 Å². The molecule has 10 nitrogen and oxygen atoms in total. The Bertz CT molecular complexity index is 1380. The van der Waals surface area contributed by atoms with E-state index in [1.54, 1.807) is 37.4 Å². The second-order valence-electron chi connectivity index (χ2n) is 6.77. The molecule has 0 aliphatic heterocycles. The summed E-state index contributed by atoms with van der Waals surface area (Å²) in [6, 6.07) is 9.94. The number of rotatable bonds is 5. The molecule has 0 saturated heterocycles. The normalized spacial score (nSPS) is 9.89. The quantitative estimate of drug-likeness (QED) is 0.207. The third-order valence-corrected chi connectivity index (χ3v) is 5.71. The van der Waals surface area contributed by atoms with Gasteiger partial charge in [0, 0.05) is 21.2 Å². The average molecular weight is 664 g/mol. The van der Waals surface area contributed by atoms with Crippen molar-refractivity contribution in [3.05, 3.63) is 79.3 Å². The third-order valence-electron chi connectivity index (χ3n) is 4.29. The van der Waals surface area contributed by atoms with Crippen LogP contribution in [0.1, 0.15) is 5.56 Å². The van der Waals surface area contributed by atoms with Crippen LogP contribution in [0.15, 0.2) is 53.4 Å². The number of aliphatic hydroxyl groups is 1. The Hall–Kier alpha value is -2.58. The minimum atomic E-state index is -0.152. The lowest BCUT2D eigenvalue weighted by atomic mass is 10.1. The zero-order chi connectivity index (χ0) is 28.2. The molecule has 1 radical (unpaired) electrons. The molecule has 2 heterocycles. The summed E-state index contributed by atoms with van der Waals surface area (Å²) in [6.07, 6.45) is 2.78. The van der Waals surface area contributed by atoms with E-state index in [0.717, 1.165) is 0 Å². The monoisotopic (exact) mass is 661 g/mol. The second-order valence-corrected chi connectivity index (χ2v) is 9.17. The molecule has 0 bridgehead atoms. The maximum Gasteiger partial charge on any atom is 0.569 e. The van der Waals surface area contributed by atoms with Crippen LogP contribution in [-0.4, -0.2) is 44.9 Å². The molecule has 2 aromatic heterocycles. The van der Waals surface area contributed by atoms with Gasteiger partial charge < -0.3 is 31.0 Å². The van der Waals surface area contributed by atoms with Gasteiger partial charge in [-0.15, -0.1) is 0 Å². The van der Waals surface area contributed by atoms with Crippen LogP contribution in [0.2, 0.25) is 20.4 Å². The van der Waals surface area contributed by atoms with Gasteiger partial charge in [-0.3, -0.25) is 0 Å². The van der Waals surface area contributed by atoms with E-state index < -0.39 is 0 Å². The van der Waals surface area contributed by atoms with Crippen LogP contribution >= 0.6 is 62.3 Å². The van der Waals surface area contributed by atoms with Crippen molar-refractivity contribution in [1.29, 1.82) is 0 Å². The molecule has 0 saturated carbocycles. The van der Waals surface area contributed by atoms with Crippen LogP contribution in [-0.2, 0) is 6.61 Å². The predicted octanol–water partition coefficient (Wildman–Crippen LogP) is 5.25. The topological polar surface area (TPSA) is 163 Å². The molecule has 0 atom stereocenters. The van der Waals surface area contributed by atoms with Crippen LogP contribution < -0.4 is 20.9 Å². The Labute approximate surface area is 247 Å². The van der Waals surface area contributed by atoms with Crippen LogP contribution in [0.4, 0.5) is 11.6 Å². The molecule has 0 aliphatic carbocycles. The Morgan fingerprint density at radius 2 is 1.50 bits per heavy atom. The SMILES string of the molecule is COc1ccc(Cl)cc1-c1nc(Cl)cnc1N.Nc1ncc(Cl)nc1Br.O[B]Oc1cc(Cl)ccc1CO. The van der Waals surface area contributed by atoms with Crippen molar-refractivity contribution >= 4 is 81.7 Å². The fourth-order valence-electron chi connectivity index (χ4n) is 2.62. The van der Waals surface area contributed by atoms with Gasteiger partial charge >= 0.3 is 7.69 Å². The Morgan fingerprint density at radius 1 is 0.895 bits per heavy atom. The molecule has 4 rings (SSSR count). The maximum atomic E-state index is 8.82. The lowest BCUT2D eigenvalue weighted by Gasteiger charge is -2.09. The predicted molar refractivity (Wildman–Crippen MR) is 154 cm³/mol. The summed E-state index contributed by atoms with van der Waals surface area (Å²) in [4.78, 5) is 15.6. The highest BCUT2D eigenvalue weighted by Gasteiger charge is 2.13. The second kappa shape index (κ2) is 15.7. The van der Waals surface area contributed by atoms with Gasteiger partial charge in [0.15, 0.2) is 5.82 Å². The number of ether oxygens (including phenoxy) is 1. The molecule has 0 aliphatic rings. The summed E-state index contributed by atoms with van der Waals surface area (Å²) in [6.45, 7) is -0.152. The largest absolute Gasteiger partial charge is 0.569 e. The fraction of sp³-hybridized carbons (Fsp3) is 0.0909. The van der Waals surface area contributed by atoms with E-state index in [9.17, 15) is 0 Å². The summed E-state index contributed by atoms with van der Waals surface area (Å²) in [7, 11) is 2.10. The van der Waals surface area contributed by atoms with Crippen LogP contribution in [0.3, 0.4) is 0 Å². The molecule has 38 heavy (non-hydrogen) atoms. The summed E-state index contributed by atoms with van der Waals surface area (Å²) < 4.78 is 10.4. The minimum Gasteiger partial charge on any atom is -0.537 e. The van der Waals surface area contributed by atoms with Crippen molar-refractivity contribution in [2.75, 3.05) is 18.6 Å². The first-order valence-electron chi connectivity index (χ1n) is 10.2. The average Bonchev–Trinajstić information content (AvgIpc) is 2.89. The zero-order valence-corrected chi connectivity index (χ0v) is 24.1. The van der Waals surface area contributed by atoms with E-state index in [1.165, 1.54) is 18.5 Å². The minimum absolute atomic E-state index is 0.152. The van der Waals surface area contributed by atoms with Crippen molar-refractivity contribution in [3.63, 3.8) is 0 Å². The Kier molecular flexibility index (Phi) is 13.1. The van der Waals surface area contributed by atoms with Crippen molar-refractivity contribution in [1.82, 2.24) is 19.9 Å². The van der Waals surface area contributed by atoms with Crippen LogP contribution in [0.25, 0.3) is 11.3 Å². The van der Waals surface area contributed by atoms with Gasteiger partial charge in [-0.05, 0) is 46.3 Å². The molecular weight excluding hydrogens is 645 g/mol. The molecular formula is C22H19BBrCl4N6O4. The van der Waals surface area contributed by atoms with Gasteiger partial charge in [0.25, 0.3) is 0 Å². The summed E-state index contributed by atoms with van der Waals surface area (Å²) in [5.41, 5.74) is 12.8. The summed E-state index contributed by atoms with van der Waals surface area (Å²) in [5, 5.41) is 18.8. The van der Waals surface area contributed by atoms with E-state index in [0.29, 0.717) is 61.6 Å². The number of nitrogens with zero attached hydrogens (tertiary/aromatic N) is 4. The number of methoxy groups -OCH3 is 1. The standard InChI is InChI=1S/C11H9Cl2N3O.C7H7BClO3.C4H3BrClN3/c1-17-8-3-2-6(12)4-7(8)10-11(14)15-5-9(13)16-10;9-6-2-1-5(4-10)7(3-6)12-8-11;5-3-4(7)8-1-2(6)9-3/h2-5H,1H3,(H2,14,15);1-3,10-11H,4H2;1H,(H2,7,8). The number of aliphatic hydroxyl groups excluding tert-OH is 1. The van der Waals surface area contributed by atoms with Crippen LogP contribution in [0.5, 0.6) is 11.5 Å². The van der Waals surface area contributed by atoms with Crippen molar-refractivity contribution < 1.29 is 19.5 Å². The fourth-order valence-corrected chi connectivity index (χ4v) is 3.62. The van der Waals surface area contributed by atoms with E-state index in [4.69, 9.17) is 77.4 Å². The van der Waals surface area contributed by atoms with Crippen molar-refractivity contribution in [3.8, 4) is 22.8 Å². The number of hydrogen-bond acceptors (Lipinski definition) is 10. The number of halogens is 5. The highest BCUT2D eigenvalue weighted by molar-refractivity contribution is 9.10. The number of nitrogen functional groups attached to an aromatic ring is 2. The van der Waals surface area contributed by atoms with Crippen LogP contribution in [0, 0.1) is 0 Å². The number of nitrogens with two attached hydrogens (primary N) is 2. The summed E-state index contributed by atoms with van der Waals surface area (Å²) in [5.74, 6) is 1.58. The lowest BCUT2D eigenvalue weighted by molar-refractivity contribution is 0.277. The number of aromatic nitrogens is 4. The first kappa shape index (κ1) is 31.6. The van der Waals surface area contributed by atoms with E-state index in [1.807, 2.05) is 0 Å². The maximum absolute atomic E-state index is 8.82. The number of hydrogen-bond donors (Lipinski definition) is 4. The molecule has 199 valence electrons. The van der Waals surface area contributed by atoms with Gasteiger partial charge in [0.2, 0.25) is 0 Å².